The number of carbonyl (C=O) groups is 1. The first-order valence-corrected chi connectivity index (χ1v) is 5.78. The van der Waals surface area contributed by atoms with Gasteiger partial charge in [-0.15, -0.1) is 0 Å². The summed E-state index contributed by atoms with van der Waals surface area (Å²) in [5, 5.41) is 6.78. The summed E-state index contributed by atoms with van der Waals surface area (Å²) >= 11 is 0. The van der Waals surface area contributed by atoms with E-state index in [1.165, 1.54) is 0 Å². The van der Waals surface area contributed by atoms with Gasteiger partial charge in [-0.2, -0.15) is 5.10 Å². The zero-order valence-corrected chi connectivity index (χ0v) is 10.2. The second-order valence-electron chi connectivity index (χ2n) is 3.75. The van der Waals surface area contributed by atoms with Gasteiger partial charge in [0.05, 0.1) is 13.2 Å². The molecule has 0 atom stereocenters. The molecule has 1 heterocycles. The van der Waals surface area contributed by atoms with Gasteiger partial charge in [-0.3, -0.25) is 10.00 Å². The lowest BCUT2D eigenvalue weighted by Crippen LogP contribution is -2.13. The molecule has 5 heteroatoms. The van der Waals surface area contributed by atoms with Gasteiger partial charge < -0.3 is 4.74 Å². The maximum Gasteiger partial charge on any atom is 0.411 e. The molecule has 1 amide bonds. The highest BCUT2D eigenvalue weighted by atomic mass is 16.5. The number of carbonyl (C=O) groups excluding carboxylic acids is 1. The fourth-order valence-electron chi connectivity index (χ4n) is 1.56. The van der Waals surface area contributed by atoms with Gasteiger partial charge in [0.1, 0.15) is 0 Å². The summed E-state index contributed by atoms with van der Waals surface area (Å²) in [5.41, 5.74) is 1.84. The van der Waals surface area contributed by atoms with Crippen LogP contribution in [-0.4, -0.2) is 22.5 Å². The molecule has 0 fully saturated rings. The maximum atomic E-state index is 11.2. The van der Waals surface area contributed by atoms with Crippen LogP contribution in [0.15, 0.2) is 42.7 Å². The van der Waals surface area contributed by atoms with Crippen LogP contribution in [0.3, 0.4) is 0 Å². The van der Waals surface area contributed by atoms with Crippen molar-refractivity contribution in [3.63, 3.8) is 0 Å². The van der Waals surface area contributed by atoms with Gasteiger partial charge in [0.15, 0.2) is 0 Å². The molecular formula is C13H15N3O2. The number of aromatic nitrogens is 2. The standard InChI is InChI=1S/C13H15N3O2/c1-2-18-13(17)15-12-6-4-11(5-7-12)10-16-9-3-8-14-16/h3-9H,2,10H2,1H3,(H,15,17). The fraction of sp³-hybridized carbons (Fsp3) is 0.231. The van der Waals surface area contributed by atoms with Gasteiger partial charge in [0.2, 0.25) is 0 Å². The lowest BCUT2D eigenvalue weighted by atomic mass is 10.2. The van der Waals surface area contributed by atoms with E-state index in [9.17, 15) is 4.79 Å². The molecule has 5 nitrogen and oxygen atoms in total. The number of hydrogen-bond donors (Lipinski definition) is 1. The van der Waals surface area contributed by atoms with Crippen molar-refractivity contribution in [3.8, 4) is 0 Å². The van der Waals surface area contributed by atoms with Crippen molar-refractivity contribution < 1.29 is 9.53 Å². The quantitative estimate of drug-likeness (QED) is 0.900. The molecule has 1 aromatic carbocycles. The van der Waals surface area contributed by atoms with E-state index < -0.39 is 6.09 Å². The van der Waals surface area contributed by atoms with Crippen molar-refractivity contribution >= 4 is 11.8 Å². The molecule has 1 N–H and O–H groups in total. The molecule has 0 aliphatic rings. The number of hydrogen-bond acceptors (Lipinski definition) is 3. The predicted octanol–water partition coefficient (Wildman–Crippen LogP) is 2.50. The second kappa shape index (κ2) is 5.86. The number of ether oxygens (including phenoxy) is 1. The molecule has 0 bridgehead atoms. The van der Waals surface area contributed by atoms with Crippen molar-refractivity contribution in [2.45, 2.75) is 13.5 Å². The average molecular weight is 245 g/mol. The molecule has 0 spiro atoms. The lowest BCUT2D eigenvalue weighted by molar-refractivity contribution is 0.168. The van der Waals surface area contributed by atoms with Crippen LogP contribution in [-0.2, 0) is 11.3 Å². The SMILES string of the molecule is CCOC(=O)Nc1ccc(Cn2cccn2)cc1. The van der Waals surface area contributed by atoms with Crippen LogP contribution in [0.5, 0.6) is 0 Å². The summed E-state index contributed by atoms with van der Waals surface area (Å²) in [5.74, 6) is 0. The van der Waals surface area contributed by atoms with E-state index in [0.29, 0.717) is 13.2 Å². The molecule has 0 aliphatic carbocycles. The fourth-order valence-corrected chi connectivity index (χ4v) is 1.56. The van der Waals surface area contributed by atoms with Crippen LogP contribution in [0, 0.1) is 0 Å². The molecule has 0 saturated carbocycles. The van der Waals surface area contributed by atoms with E-state index in [-0.39, 0.29) is 0 Å². The Hall–Kier alpha value is -2.30. The Bertz CT molecular complexity index is 491. The van der Waals surface area contributed by atoms with Gasteiger partial charge >= 0.3 is 6.09 Å². The van der Waals surface area contributed by atoms with Crippen LogP contribution in [0.1, 0.15) is 12.5 Å². The highest BCUT2D eigenvalue weighted by Crippen LogP contribution is 2.10. The predicted molar refractivity (Wildman–Crippen MR) is 68.4 cm³/mol. The van der Waals surface area contributed by atoms with Gasteiger partial charge in [-0.1, -0.05) is 12.1 Å². The summed E-state index contributed by atoms with van der Waals surface area (Å²) in [6.07, 6.45) is 3.22. The van der Waals surface area contributed by atoms with Gasteiger partial charge in [0, 0.05) is 18.1 Å². The van der Waals surface area contributed by atoms with Crippen molar-refractivity contribution in [2.75, 3.05) is 11.9 Å². The van der Waals surface area contributed by atoms with Crippen LogP contribution >= 0.6 is 0 Å². The Morgan fingerprint density at radius 3 is 2.78 bits per heavy atom. The maximum absolute atomic E-state index is 11.2. The Morgan fingerprint density at radius 1 is 1.39 bits per heavy atom. The lowest BCUT2D eigenvalue weighted by Gasteiger charge is -2.06. The van der Waals surface area contributed by atoms with E-state index in [1.54, 1.807) is 13.1 Å². The number of nitrogens with one attached hydrogen (secondary N) is 1. The largest absolute Gasteiger partial charge is 0.450 e. The van der Waals surface area contributed by atoms with Gasteiger partial charge in [0.25, 0.3) is 0 Å². The number of amides is 1. The molecular weight excluding hydrogens is 230 g/mol. The van der Waals surface area contributed by atoms with E-state index >= 15 is 0 Å². The summed E-state index contributed by atoms with van der Waals surface area (Å²) < 4.78 is 6.64. The first-order chi connectivity index (χ1) is 8.78. The zero-order chi connectivity index (χ0) is 12.8. The van der Waals surface area contributed by atoms with Crippen LogP contribution < -0.4 is 5.32 Å². The highest BCUT2D eigenvalue weighted by Gasteiger charge is 2.01. The van der Waals surface area contributed by atoms with E-state index in [1.807, 2.05) is 41.2 Å². The van der Waals surface area contributed by atoms with Crippen molar-refractivity contribution in [1.29, 1.82) is 0 Å². The molecule has 1 aromatic heterocycles. The van der Waals surface area contributed by atoms with E-state index in [2.05, 4.69) is 10.4 Å². The third kappa shape index (κ3) is 3.35. The topological polar surface area (TPSA) is 56.1 Å². The third-order valence-corrected chi connectivity index (χ3v) is 2.38. The van der Waals surface area contributed by atoms with Crippen molar-refractivity contribution in [1.82, 2.24) is 9.78 Å². The van der Waals surface area contributed by atoms with Gasteiger partial charge in [-0.25, -0.2) is 4.79 Å². The van der Waals surface area contributed by atoms with Gasteiger partial charge in [-0.05, 0) is 30.7 Å². The molecule has 0 radical (unpaired) electrons. The summed E-state index contributed by atoms with van der Waals surface area (Å²) in [7, 11) is 0. The zero-order valence-electron chi connectivity index (χ0n) is 10.2. The minimum Gasteiger partial charge on any atom is -0.450 e. The Balaban J connectivity index is 1.95. The smallest absolute Gasteiger partial charge is 0.411 e. The monoisotopic (exact) mass is 245 g/mol. The third-order valence-electron chi connectivity index (χ3n) is 2.38. The number of rotatable bonds is 4. The van der Waals surface area contributed by atoms with Crippen LogP contribution in [0.2, 0.25) is 0 Å². The highest BCUT2D eigenvalue weighted by molar-refractivity contribution is 5.84. The molecule has 94 valence electrons. The Labute approximate surface area is 105 Å². The molecule has 0 saturated heterocycles. The molecule has 2 rings (SSSR count). The van der Waals surface area contributed by atoms with E-state index in [4.69, 9.17) is 4.74 Å². The summed E-state index contributed by atoms with van der Waals surface area (Å²) in [6.45, 7) is 2.85. The molecule has 2 aromatic rings. The molecule has 0 unspecified atom stereocenters. The molecule has 0 aliphatic heterocycles. The number of benzene rings is 1. The second-order valence-corrected chi connectivity index (χ2v) is 3.75. The summed E-state index contributed by atoms with van der Waals surface area (Å²) in [4.78, 5) is 11.2. The number of anilines is 1. The minimum atomic E-state index is -0.433. The molecule has 18 heavy (non-hydrogen) atoms. The van der Waals surface area contributed by atoms with Crippen molar-refractivity contribution in [2.24, 2.45) is 0 Å². The first kappa shape index (κ1) is 12.2. The van der Waals surface area contributed by atoms with E-state index in [0.717, 1.165) is 11.3 Å². The normalized spacial score (nSPS) is 10.1. The first-order valence-electron chi connectivity index (χ1n) is 5.78. The van der Waals surface area contributed by atoms with Crippen LogP contribution in [0.25, 0.3) is 0 Å². The Morgan fingerprint density at radius 2 is 2.17 bits per heavy atom. The number of nitrogens with zero attached hydrogens (tertiary/aromatic N) is 2. The van der Waals surface area contributed by atoms with Crippen molar-refractivity contribution in [3.05, 3.63) is 48.3 Å². The van der Waals surface area contributed by atoms with Crippen LogP contribution in [0.4, 0.5) is 10.5 Å². The average Bonchev–Trinajstić information content (AvgIpc) is 2.85. The minimum absolute atomic E-state index is 0.364. The summed E-state index contributed by atoms with van der Waals surface area (Å²) in [6, 6.07) is 9.47. The Kier molecular flexibility index (Phi) is 3.96.